The van der Waals surface area contributed by atoms with Crippen molar-refractivity contribution < 1.29 is 15.0 Å². The average Bonchev–Trinajstić information content (AvgIpc) is 3.00. The van der Waals surface area contributed by atoms with Gasteiger partial charge in [0.1, 0.15) is 6.10 Å². The molecule has 1 heterocycles. The monoisotopic (exact) mass is 346 g/mol. The van der Waals surface area contributed by atoms with Gasteiger partial charge in [-0.2, -0.15) is 0 Å². The Kier molecular flexibility index (Phi) is 6.45. The van der Waals surface area contributed by atoms with E-state index >= 15 is 0 Å². The molecule has 0 aromatic heterocycles. The number of aliphatic hydroxyl groups is 2. The minimum Gasteiger partial charge on any atom is -0.392 e. The molecule has 138 valence electrons. The van der Waals surface area contributed by atoms with E-state index in [4.69, 9.17) is 0 Å². The fraction of sp³-hybridized carbons (Fsp3) is 0.650. The summed E-state index contributed by atoms with van der Waals surface area (Å²) in [7, 11) is 0. The zero-order valence-corrected chi connectivity index (χ0v) is 14.8. The highest BCUT2D eigenvalue weighted by Gasteiger charge is 2.32. The molecule has 1 amide bonds. The minimum absolute atomic E-state index is 0.100. The third-order valence-electron chi connectivity index (χ3n) is 5.61. The van der Waals surface area contributed by atoms with E-state index < -0.39 is 6.10 Å². The van der Waals surface area contributed by atoms with Gasteiger partial charge in [-0.1, -0.05) is 49.6 Å². The number of carbonyl (C=O) groups excluding carboxylic acids is 1. The van der Waals surface area contributed by atoms with E-state index in [2.05, 4.69) is 22.3 Å². The predicted molar refractivity (Wildman–Crippen MR) is 96.9 cm³/mol. The lowest BCUT2D eigenvalue weighted by molar-refractivity contribution is -0.132. The molecule has 3 rings (SSSR count). The Morgan fingerprint density at radius 3 is 2.64 bits per heavy atom. The maximum atomic E-state index is 12.3. The smallest absolute Gasteiger partial charge is 0.249 e. The lowest BCUT2D eigenvalue weighted by Crippen LogP contribution is -2.45. The van der Waals surface area contributed by atoms with Crippen LogP contribution in [0.1, 0.15) is 44.1 Å². The van der Waals surface area contributed by atoms with Gasteiger partial charge in [-0.25, -0.2) is 0 Å². The minimum atomic E-state index is -0.894. The Bertz CT molecular complexity index is 545. The maximum Gasteiger partial charge on any atom is 0.249 e. The van der Waals surface area contributed by atoms with Gasteiger partial charge in [-0.05, 0) is 30.7 Å². The first-order valence-corrected chi connectivity index (χ1v) is 9.55. The molecule has 25 heavy (non-hydrogen) atoms. The molecule has 0 unspecified atom stereocenters. The highest BCUT2D eigenvalue weighted by Crippen LogP contribution is 2.26. The van der Waals surface area contributed by atoms with Crippen molar-refractivity contribution in [3.05, 3.63) is 35.9 Å². The van der Waals surface area contributed by atoms with Gasteiger partial charge in [0, 0.05) is 25.7 Å². The number of nitrogens with zero attached hydrogens (tertiary/aromatic N) is 1. The fourth-order valence-electron chi connectivity index (χ4n) is 4.17. The van der Waals surface area contributed by atoms with Gasteiger partial charge in [0.2, 0.25) is 5.91 Å². The molecule has 3 atom stereocenters. The lowest BCUT2D eigenvalue weighted by Gasteiger charge is -2.28. The van der Waals surface area contributed by atoms with Crippen LogP contribution in [-0.2, 0) is 11.3 Å². The molecule has 1 aromatic rings. The van der Waals surface area contributed by atoms with Crippen molar-refractivity contribution in [3.8, 4) is 0 Å². The van der Waals surface area contributed by atoms with Gasteiger partial charge in [-0.15, -0.1) is 0 Å². The first-order valence-electron chi connectivity index (χ1n) is 9.55. The second-order valence-corrected chi connectivity index (χ2v) is 7.55. The Balaban J connectivity index is 1.50. The number of hydrogen-bond acceptors (Lipinski definition) is 4. The Morgan fingerprint density at radius 2 is 1.92 bits per heavy atom. The van der Waals surface area contributed by atoms with Crippen LogP contribution in [0.25, 0.3) is 0 Å². The van der Waals surface area contributed by atoms with Gasteiger partial charge in [0.15, 0.2) is 0 Å². The molecule has 1 saturated heterocycles. The Labute approximate surface area is 150 Å². The third-order valence-corrected chi connectivity index (χ3v) is 5.61. The van der Waals surface area contributed by atoms with Crippen LogP contribution < -0.4 is 5.32 Å². The number of β-amino-alcohol motifs (C(OH)–C–C–N with tert-alkyl or cyclic N) is 1. The molecule has 1 saturated carbocycles. The van der Waals surface area contributed by atoms with Gasteiger partial charge >= 0.3 is 0 Å². The second kappa shape index (κ2) is 8.79. The topological polar surface area (TPSA) is 72.8 Å². The van der Waals surface area contributed by atoms with Gasteiger partial charge in [0.05, 0.1) is 6.10 Å². The molecule has 0 bridgehead atoms. The molecule has 1 aliphatic carbocycles. The number of aliphatic hydroxyl groups excluding tert-OH is 2. The Hall–Kier alpha value is -1.43. The van der Waals surface area contributed by atoms with Crippen molar-refractivity contribution in [1.82, 2.24) is 10.2 Å². The molecular formula is C20H30N2O3. The Morgan fingerprint density at radius 1 is 1.20 bits per heavy atom. The number of carbonyl (C=O) groups is 1. The van der Waals surface area contributed by atoms with Gasteiger partial charge in [-0.3, -0.25) is 9.69 Å². The first-order chi connectivity index (χ1) is 12.1. The van der Waals surface area contributed by atoms with E-state index in [-0.39, 0.29) is 24.0 Å². The molecule has 5 nitrogen and oxygen atoms in total. The van der Waals surface area contributed by atoms with Crippen molar-refractivity contribution in [2.45, 2.75) is 63.3 Å². The molecule has 1 aromatic carbocycles. The number of hydrogen-bond donors (Lipinski definition) is 3. The number of benzene rings is 1. The molecule has 0 spiro atoms. The highest BCUT2D eigenvalue weighted by molar-refractivity contribution is 5.80. The summed E-state index contributed by atoms with van der Waals surface area (Å²) in [6.07, 6.45) is 4.71. The molecule has 1 aliphatic heterocycles. The molecule has 5 heteroatoms. The predicted octanol–water partition coefficient (Wildman–Crippen LogP) is 1.68. The quantitative estimate of drug-likeness (QED) is 0.733. The van der Waals surface area contributed by atoms with Crippen molar-refractivity contribution in [2.75, 3.05) is 13.1 Å². The summed E-state index contributed by atoms with van der Waals surface area (Å²) in [4.78, 5) is 14.5. The van der Waals surface area contributed by atoms with Crippen molar-refractivity contribution in [2.24, 2.45) is 5.92 Å². The van der Waals surface area contributed by atoms with E-state index in [1.807, 2.05) is 18.2 Å². The van der Waals surface area contributed by atoms with Crippen LogP contribution in [-0.4, -0.2) is 52.4 Å². The SMILES string of the molecule is O=C(NC[C@@H]1C[C@H](O)CN1Cc1ccccc1)[C@H](O)C1CCCCC1. The van der Waals surface area contributed by atoms with Crippen LogP contribution in [0, 0.1) is 5.92 Å². The average molecular weight is 346 g/mol. The van der Waals surface area contributed by atoms with Crippen LogP contribution in [0.15, 0.2) is 30.3 Å². The van der Waals surface area contributed by atoms with Crippen LogP contribution in [0.5, 0.6) is 0 Å². The van der Waals surface area contributed by atoms with Crippen LogP contribution in [0.2, 0.25) is 0 Å². The van der Waals surface area contributed by atoms with Crippen molar-refractivity contribution >= 4 is 5.91 Å². The summed E-state index contributed by atoms with van der Waals surface area (Å²) in [6, 6.07) is 10.3. The molecule has 2 aliphatic rings. The van der Waals surface area contributed by atoms with Crippen LogP contribution in [0.4, 0.5) is 0 Å². The second-order valence-electron chi connectivity index (χ2n) is 7.55. The summed E-state index contributed by atoms with van der Waals surface area (Å²) in [5.74, 6) is -0.156. The summed E-state index contributed by atoms with van der Waals surface area (Å²) in [5, 5.41) is 23.2. The molecule has 2 fully saturated rings. The molecular weight excluding hydrogens is 316 g/mol. The lowest BCUT2D eigenvalue weighted by atomic mass is 9.85. The van der Waals surface area contributed by atoms with E-state index in [1.54, 1.807) is 0 Å². The van der Waals surface area contributed by atoms with Gasteiger partial charge < -0.3 is 15.5 Å². The summed E-state index contributed by atoms with van der Waals surface area (Å²) in [6.45, 7) is 1.87. The van der Waals surface area contributed by atoms with Gasteiger partial charge in [0.25, 0.3) is 0 Å². The van der Waals surface area contributed by atoms with E-state index in [0.717, 1.165) is 32.2 Å². The zero-order valence-electron chi connectivity index (χ0n) is 14.8. The highest BCUT2D eigenvalue weighted by atomic mass is 16.3. The van der Waals surface area contributed by atoms with Crippen molar-refractivity contribution in [3.63, 3.8) is 0 Å². The van der Waals surface area contributed by atoms with Crippen molar-refractivity contribution in [1.29, 1.82) is 0 Å². The fourth-order valence-corrected chi connectivity index (χ4v) is 4.17. The van der Waals surface area contributed by atoms with E-state index in [0.29, 0.717) is 19.5 Å². The largest absolute Gasteiger partial charge is 0.392 e. The number of rotatable bonds is 6. The first kappa shape index (κ1) is 18.4. The molecule has 0 radical (unpaired) electrons. The summed E-state index contributed by atoms with van der Waals surface area (Å²) in [5.41, 5.74) is 1.20. The third kappa shape index (κ3) is 5.03. The summed E-state index contributed by atoms with van der Waals surface area (Å²) < 4.78 is 0. The van der Waals surface area contributed by atoms with E-state index in [1.165, 1.54) is 12.0 Å². The van der Waals surface area contributed by atoms with E-state index in [9.17, 15) is 15.0 Å². The maximum absolute atomic E-state index is 12.3. The standard InChI is InChI=1S/C20H30N2O3/c23-18-11-17(22(14-18)13-15-7-3-1-4-8-15)12-21-20(25)19(24)16-9-5-2-6-10-16/h1,3-4,7-8,16-19,23-24H,2,5-6,9-14H2,(H,21,25)/t17-,18-,19+/m0/s1. The number of amides is 1. The normalized spacial score (nSPS) is 26.5. The number of nitrogens with one attached hydrogen (secondary N) is 1. The summed E-state index contributed by atoms with van der Waals surface area (Å²) >= 11 is 0. The zero-order chi connectivity index (χ0) is 17.6. The number of likely N-dealkylation sites (tertiary alicyclic amines) is 1. The molecule has 3 N–H and O–H groups in total. The van der Waals surface area contributed by atoms with Crippen LogP contribution >= 0.6 is 0 Å². The van der Waals surface area contributed by atoms with Crippen LogP contribution in [0.3, 0.4) is 0 Å².